The van der Waals surface area contributed by atoms with E-state index >= 15 is 0 Å². The molecule has 0 unspecified atom stereocenters. The molecular formula is C13H19N3O. The third-order valence-electron chi connectivity index (χ3n) is 2.70. The van der Waals surface area contributed by atoms with Gasteiger partial charge in [-0.05, 0) is 32.0 Å². The van der Waals surface area contributed by atoms with Gasteiger partial charge in [0.05, 0.1) is 12.8 Å². The van der Waals surface area contributed by atoms with Gasteiger partial charge in [-0.2, -0.15) is 5.10 Å². The smallest absolute Gasteiger partial charge is 0.125 e. The number of nitrogens with zero attached hydrogens (tertiary/aromatic N) is 2. The van der Waals surface area contributed by atoms with E-state index in [2.05, 4.69) is 23.4 Å². The van der Waals surface area contributed by atoms with Crippen LogP contribution in [0, 0.1) is 6.92 Å². The van der Waals surface area contributed by atoms with Crippen molar-refractivity contribution >= 4 is 0 Å². The van der Waals surface area contributed by atoms with E-state index in [0.29, 0.717) is 6.54 Å². The van der Waals surface area contributed by atoms with Crippen LogP contribution >= 0.6 is 0 Å². The zero-order chi connectivity index (χ0) is 12.1. The predicted octanol–water partition coefficient (Wildman–Crippen LogP) is 2.33. The topological polar surface area (TPSA) is 43.0 Å². The highest BCUT2D eigenvalue weighted by Gasteiger charge is 2.04. The second-order valence-corrected chi connectivity index (χ2v) is 4.23. The van der Waals surface area contributed by atoms with Crippen molar-refractivity contribution < 1.29 is 4.42 Å². The average molecular weight is 233 g/mol. The normalized spacial score (nSPS) is 10.9. The van der Waals surface area contributed by atoms with Crippen LogP contribution in [-0.2, 0) is 13.1 Å². The zero-order valence-corrected chi connectivity index (χ0v) is 10.4. The molecule has 0 saturated heterocycles. The summed E-state index contributed by atoms with van der Waals surface area (Å²) in [5.74, 6) is 0.949. The maximum absolute atomic E-state index is 5.52. The monoisotopic (exact) mass is 233 g/mol. The lowest BCUT2D eigenvalue weighted by Crippen LogP contribution is -2.13. The Morgan fingerprint density at radius 2 is 2.35 bits per heavy atom. The Morgan fingerprint density at radius 1 is 1.47 bits per heavy atom. The first-order chi connectivity index (χ1) is 8.29. The maximum Gasteiger partial charge on any atom is 0.125 e. The van der Waals surface area contributed by atoms with Crippen molar-refractivity contribution in [1.29, 1.82) is 0 Å². The lowest BCUT2D eigenvalue weighted by atomic mass is 10.3. The molecule has 1 N–H and O–H groups in total. The number of hydrogen-bond donors (Lipinski definition) is 1. The van der Waals surface area contributed by atoms with Gasteiger partial charge in [-0.25, -0.2) is 0 Å². The molecule has 0 aliphatic carbocycles. The molecule has 4 nitrogen and oxygen atoms in total. The van der Waals surface area contributed by atoms with Crippen LogP contribution in [0.25, 0.3) is 0 Å². The van der Waals surface area contributed by atoms with E-state index in [-0.39, 0.29) is 0 Å². The minimum absolute atomic E-state index is 0.701. The summed E-state index contributed by atoms with van der Waals surface area (Å²) in [4.78, 5) is 0. The molecule has 0 amide bonds. The molecule has 0 aliphatic heterocycles. The Balaban J connectivity index is 1.92. The quantitative estimate of drug-likeness (QED) is 0.779. The molecular weight excluding hydrogens is 214 g/mol. The largest absolute Gasteiger partial charge is 0.467 e. The van der Waals surface area contributed by atoms with Gasteiger partial charge < -0.3 is 9.73 Å². The minimum atomic E-state index is 0.701. The van der Waals surface area contributed by atoms with Crippen molar-refractivity contribution in [3.63, 3.8) is 0 Å². The van der Waals surface area contributed by atoms with Crippen LogP contribution in [-0.4, -0.2) is 16.3 Å². The Kier molecular flexibility index (Phi) is 3.98. The molecule has 0 radical (unpaired) electrons. The van der Waals surface area contributed by atoms with Crippen molar-refractivity contribution in [3.05, 3.63) is 41.6 Å². The highest BCUT2D eigenvalue weighted by molar-refractivity contribution is 5.13. The number of rotatable bonds is 6. The summed E-state index contributed by atoms with van der Waals surface area (Å²) < 4.78 is 7.46. The number of aryl methyl sites for hydroxylation is 1. The molecule has 2 aromatic rings. The van der Waals surface area contributed by atoms with Crippen molar-refractivity contribution in [2.24, 2.45) is 0 Å². The Labute approximate surface area is 102 Å². The van der Waals surface area contributed by atoms with Crippen LogP contribution in [0.5, 0.6) is 0 Å². The van der Waals surface area contributed by atoms with Crippen LogP contribution in [0.1, 0.15) is 30.4 Å². The Bertz CT molecular complexity index is 459. The second kappa shape index (κ2) is 5.68. The number of furan rings is 1. The van der Waals surface area contributed by atoms with Gasteiger partial charge in [-0.15, -0.1) is 0 Å². The third-order valence-corrected chi connectivity index (χ3v) is 2.70. The molecule has 2 rings (SSSR count). The van der Waals surface area contributed by atoms with Crippen molar-refractivity contribution in [2.45, 2.75) is 33.4 Å². The molecule has 2 aromatic heterocycles. The first kappa shape index (κ1) is 11.9. The highest BCUT2D eigenvalue weighted by Crippen LogP contribution is 2.10. The molecule has 17 heavy (non-hydrogen) atoms. The molecule has 0 aromatic carbocycles. The van der Waals surface area contributed by atoms with Crippen molar-refractivity contribution in [2.75, 3.05) is 6.54 Å². The minimum Gasteiger partial charge on any atom is -0.467 e. The fourth-order valence-corrected chi connectivity index (χ4v) is 1.72. The van der Waals surface area contributed by atoms with Crippen molar-refractivity contribution in [1.82, 2.24) is 15.1 Å². The Hall–Kier alpha value is -1.55. The van der Waals surface area contributed by atoms with E-state index in [4.69, 9.17) is 4.42 Å². The van der Waals surface area contributed by atoms with E-state index in [0.717, 1.165) is 31.0 Å². The predicted molar refractivity (Wildman–Crippen MR) is 66.8 cm³/mol. The van der Waals surface area contributed by atoms with Gasteiger partial charge in [0, 0.05) is 24.0 Å². The molecule has 4 heteroatoms. The maximum atomic E-state index is 5.52. The Morgan fingerprint density at radius 3 is 3.06 bits per heavy atom. The fraction of sp³-hybridized carbons (Fsp3) is 0.462. The molecule has 0 bridgehead atoms. The summed E-state index contributed by atoms with van der Waals surface area (Å²) in [7, 11) is 0. The van der Waals surface area contributed by atoms with Crippen LogP contribution in [0.3, 0.4) is 0 Å². The summed E-state index contributed by atoms with van der Waals surface area (Å²) >= 11 is 0. The summed E-state index contributed by atoms with van der Waals surface area (Å²) in [5.41, 5.74) is 2.34. The van der Waals surface area contributed by atoms with E-state index in [1.807, 2.05) is 30.1 Å². The van der Waals surface area contributed by atoms with E-state index in [9.17, 15) is 0 Å². The molecule has 0 spiro atoms. The lowest BCUT2D eigenvalue weighted by Gasteiger charge is -2.00. The molecule has 0 aliphatic rings. The first-order valence-corrected chi connectivity index (χ1v) is 6.05. The fourth-order valence-electron chi connectivity index (χ4n) is 1.72. The van der Waals surface area contributed by atoms with Crippen LogP contribution in [0.15, 0.2) is 29.0 Å². The van der Waals surface area contributed by atoms with Gasteiger partial charge in [0.25, 0.3) is 0 Å². The van der Waals surface area contributed by atoms with Gasteiger partial charge >= 0.3 is 0 Å². The highest BCUT2D eigenvalue weighted by atomic mass is 16.3. The number of aromatic nitrogens is 2. The summed E-state index contributed by atoms with van der Waals surface area (Å²) in [6, 6.07) is 4.08. The zero-order valence-electron chi connectivity index (χ0n) is 10.4. The van der Waals surface area contributed by atoms with Crippen LogP contribution in [0.4, 0.5) is 0 Å². The van der Waals surface area contributed by atoms with Gasteiger partial charge in [0.1, 0.15) is 5.76 Å². The van der Waals surface area contributed by atoms with Gasteiger partial charge in [-0.1, -0.05) is 6.92 Å². The summed E-state index contributed by atoms with van der Waals surface area (Å²) in [5, 5.41) is 7.59. The van der Waals surface area contributed by atoms with Crippen LogP contribution in [0.2, 0.25) is 0 Å². The third kappa shape index (κ3) is 3.20. The SMILES string of the molecule is CCCNCc1coc(Cn2nccc2C)c1. The molecule has 92 valence electrons. The van der Waals surface area contributed by atoms with E-state index < -0.39 is 0 Å². The van der Waals surface area contributed by atoms with E-state index in [1.54, 1.807) is 0 Å². The average Bonchev–Trinajstić information content (AvgIpc) is 2.91. The lowest BCUT2D eigenvalue weighted by molar-refractivity contribution is 0.474. The van der Waals surface area contributed by atoms with Gasteiger partial charge in [0.15, 0.2) is 0 Å². The van der Waals surface area contributed by atoms with E-state index in [1.165, 1.54) is 5.56 Å². The van der Waals surface area contributed by atoms with Crippen molar-refractivity contribution in [3.8, 4) is 0 Å². The summed E-state index contributed by atoms with van der Waals surface area (Å²) in [6.45, 7) is 6.81. The molecule has 0 saturated carbocycles. The molecule has 0 atom stereocenters. The molecule has 0 fully saturated rings. The number of hydrogen-bond acceptors (Lipinski definition) is 3. The molecule has 2 heterocycles. The summed E-state index contributed by atoms with van der Waals surface area (Å²) in [6.07, 6.45) is 4.77. The first-order valence-electron chi connectivity index (χ1n) is 6.05. The second-order valence-electron chi connectivity index (χ2n) is 4.23. The number of nitrogens with one attached hydrogen (secondary N) is 1. The van der Waals surface area contributed by atoms with Gasteiger partial charge in [-0.3, -0.25) is 4.68 Å². The van der Waals surface area contributed by atoms with Crippen LogP contribution < -0.4 is 5.32 Å². The standard InChI is InChI=1S/C13H19N3O/c1-3-5-14-8-12-7-13(17-10-12)9-16-11(2)4-6-15-16/h4,6-7,10,14H,3,5,8-9H2,1-2H3. The van der Waals surface area contributed by atoms with Gasteiger partial charge in [0.2, 0.25) is 0 Å².